The van der Waals surface area contributed by atoms with Crippen molar-refractivity contribution < 1.29 is 4.74 Å². The predicted octanol–water partition coefficient (Wildman–Crippen LogP) is 2.67. The number of nitrogens with one attached hydrogen (secondary N) is 1. The normalized spacial score (nSPS) is 21.5. The molecular weight excluding hydrogens is 238 g/mol. The summed E-state index contributed by atoms with van der Waals surface area (Å²) in [5, 5.41) is 3.82. The van der Waals surface area contributed by atoms with Crippen molar-refractivity contribution in [3.63, 3.8) is 0 Å². The van der Waals surface area contributed by atoms with Crippen LogP contribution in [0.1, 0.15) is 32.5 Å². The van der Waals surface area contributed by atoms with Crippen LogP contribution in [0.4, 0.5) is 5.82 Å². The Morgan fingerprint density at radius 2 is 2.41 bits per heavy atom. The minimum Gasteiger partial charge on any atom is -0.376 e. The fourth-order valence-corrected chi connectivity index (χ4v) is 2.22. The largest absolute Gasteiger partial charge is 0.376 e. The minimum atomic E-state index is 0.244. The van der Waals surface area contributed by atoms with Crippen LogP contribution in [0, 0.1) is 0 Å². The minimum absolute atomic E-state index is 0.244. The number of rotatable bonds is 4. The maximum atomic E-state index is 5.95. The van der Waals surface area contributed by atoms with Crippen molar-refractivity contribution in [3.05, 3.63) is 17.0 Å². The van der Waals surface area contributed by atoms with E-state index in [1.807, 2.05) is 6.92 Å². The molecule has 0 aliphatic carbocycles. The van der Waals surface area contributed by atoms with Gasteiger partial charge in [0.2, 0.25) is 0 Å². The monoisotopic (exact) mass is 255 g/mol. The van der Waals surface area contributed by atoms with Crippen LogP contribution in [0.15, 0.2) is 6.07 Å². The molecule has 1 saturated heterocycles. The van der Waals surface area contributed by atoms with Gasteiger partial charge in [-0.1, -0.05) is 18.5 Å². The van der Waals surface area contributed by atoms with Crippen molar-refractivity contribution in [2.75, 3.05) is 11.9 Å². The number of aromatic nitrogens is 2. The van der Waals surface area contributed by atoms with Crippen molar-refractivity contribution in [3.8, 4) is 0 Å². The molecule has 2 unspecified atom stereocenters. The van der Waals surface area contributed by atoms with Crippen molar-refractivity contribution in [1.29, 1.82) is 0 Å². The highest BCUT2D eigenvalue weighted by molar-refractivity contribution is 6.29. The third-order valence-corrected chi connectivity index (χ3v) is 3.15. The molecule has 2 atom stereocenters. The second-order valence-corrected chi connectivity index (χ2v) is 4.72. The average molecular weight is 256 g/mol. The van der Waals surface area contributed by atoms with Crippen LogP contribution >= 0.6 is 11.6 Å². The lowest BCUT2D eigenvalue weighted by molar-refractivity contribution is 0.0995. The zero-order chi connectivity index (χ0) is 12.3. The number of anilines is 1. The molecule has 94 valence electrons. The van der Waals surface area contributed by atoms with Crippen LogP contribution in [-0.2, 0) is 11.2 Å². The van der Waals surface area contributed by atoms with Gasteiger partial charge in [-0.15, -0.1) is 0 Å². The van der Waals surface area contributed by atoms with E-state index >= 15 is 0 Å². The van der Waals surface area contributed by atoms with Gasteiger partial charge in [-0.2, -0.15) is 0 Å². The van der Waals surface area contributed by atoms with Gasteiger partial charge in [-0.25, -0.2) is 9.97 Å². The second-order valence-electron chi connectivity index (χ2n) is 4.33. The van der Waals surface area contributed by atoms with Gasteiger partial charge in [0, 0.05) is 19.1 Å². The molecule has 5 heteroatoms. The van der Waals surface area contributed by atoms with E-state index in [9.17, 15) is 0 Å². The fraction of sp³-hybridized carbons (Fsp3) is 0.667. The lowest BCUT2D eigenvalue weighted by Crippen LogP contribution is -2.30. The van der Waals surface area contributed by atoms with Crippen molar-refractivity contribution in [1.82, 2.24) is 9.97 Å². The highest BCUT2D eigenvalue weighted by Crippen LogP contribution is 2.19. The molecule has 0 saturated carbocycles. The van der Waals surface area contributed by atoms with Crippen LogP contribution < -0.4 is 5.32 Å². The Morgan fingerprint density at radius 1 is 1.59 bits per heavy atom. The van der Waals surface area contributed by atoms with Crippen LogP contribution in [0.25, 0.3) is 0 Å². The summed E-state index contributed by atoms with van der Waals surface area (Å²) in [7, 11) is 0. The van der Waals surface area contributed by atoms with Crippen LogP contribution in [0.2, 0.25) is 5.15 Å². The molecule has 1 N–H and O–H groups in total. The highest BCUT2D eigenvalue weighted by atomic mass is 35.5. The van der Waals surface area contributed by atoms with Crippen molar-refractivity contribution >= 4 is 17.4 Å². The molecule has 0 spiro atoms. The molecule has 4 nitrogen and oxygen atoms in total. The quantitative estimate of drug-likeness (QED) is 0.841. The maximum Gasteiger partial charge on any atom is 0.134 e. The Bertz CT molecular complexity index is 380. The summed E-state index contributed by atoms with van der Waals surface area (Å²) in [5.41, 5.74) is 0. The van der Waals surface area contributed by atoms with Crippen LogP contribution in [0.3, 0.4) is 0 Å². The van der Waals surface area contributed by atoms with E-state index in [1.54, 1.807) is 6.07 Å². The molecule has 1 aliphatic heterocycles. The van der Waals surface area contributed by atoms with E-state index in [-0.39, 0.29) is 12.1 Å². The highest BCUT2D eigenvalue weighted by Gasteiger charge is 2.22. The molecule has 0 amide bonds. The van der Waals surface area contributed by atoms with E-state index < -0.39 is 0 Å². The first-order chi connectivity index (χ1) is 8.19. The van der Waals surface area contributed by atoms with E-state index in [0.717, 1.165) is 37.5 Å². The van der Waals surface area contributed by atoms with E-state index in [1.165, 1.54) is 0 Å². The standard InChI is InChI=1S/C12H18ClN3O/c1-3-11-15-10(13)7-12(16-11)14-8(2)9-5-4-6-17-9/h7-9H,3-6H2,1-2H3,(H,14,15,16). The fourth-order valence-electron chi connectivity index (χ4n) is 2.02. The summed E-state index contributed by atoms with van der Waals surface area (Å²) in [5.74, 6) is 1.55. The lowest BCUT2D eigenvalue weighted by atomic mass is 10.1. The van der Waals surface area contributed by atoms with E-state index in [4.69, 9.17) is 16.3 Å². The first-order valence-corrected chi connectivity index (χ1v) is 6.48. The van der Waals surface area contributed by atoms with Gasteiger partial charge in [-0.3, -0.25) is 0 Å². The second kappa shape index (κ2) is 5.65. The number of ether oxygens (including phenoxy) is 1. The SMILES string of the molecule is CCc1nc(Cl)cc(NC(C)C2CCCO2)n1. The van der Waals surface area contributed by atoms with Gasteiger partial charge >= 0.3 is 0 Å². The third kappa shape index (κ3) is 3.30. The van der Waals surface area contributed by atoms with Crippen molar-refractivity contribution in [2.24, 2.45) is 0 Å². The molecule has 1 aliphatic rings. The lowest BCUT2D eigenvalue weighted by Gasteiger charge is -2.20. The average Bonchev–Trinajstić information content (AvgIpc) is 2.81. The molecule has 0 aromatic carbocycles. The Kier molecular flexibility index (Phi) is 4.18. The molecule has 17 heavy (non-hydrogen) atoms. The zero-order valence-corrected chi connectivity index (χ0v) is 11.0. The molecule has 1 fully saturated rings. The summed E-state index contributed by atoms with van der Waals surface area (Å²) in [6.07, 6.45) is 3.30. The molecule has 2 rings (SSSR count). The van der Waals surface area contributed by atoms with E-state index in [2.05, 4.69) is 22.2 Å². The van der Waals surface area contributed by atoms with Gasteiger partial charge in [0.25, 0.3) is 0 Å². The first-order valence-electron chi connectivity index (χ1n) is 6.10. The predicted molar refractivity (Wildman–Crippen MR) is 68.5 cm³/mol. The Morgan fingerprint density at radius 3 is 3.06 bits per heavy atom. The Balaban J connectivity index is 2.04. The molecular formula is C12H18ClN3O. The molecule has 2 heterocycles. The van der Waals surface area contributed by atoms with Gasteiger partial charge in [0.05, 0.1) is 12.1 Å². The maximum absolute atomic E-state index is 5.95. The molecule has 0 radical (unpaired) electrons. The number of halogens is 1. The first kappa shape index (κ1) is 12.6. The Labute approximate surface area is 107 Å². The number of nitrogens with zero attached hydrogens (tertiary/aromatic N) is 2. The topological polar surface area (TPSA) is 47.0 Å². The third-order valence-electron chi connectivity index (χ3n) is 2.96. The molecule has 1 aromatic heterocycles. The summed E-state index contributed by atoms with van der Waals surface area (Å²) in [4.78, 5) is 8.54. The Hall–Kier alpha value is -0.870. The number of hydrogen-bond donors (Lipinski definition) is 1. The van der Waals surface area contributed by atoms with Gasteiger partial charge in [0.15, 0.2) is 0 Å². The number of aryl methyl sites for hydroxylation is 1. The summed E-state index contributed by atoms with van der Waals surface area (Å²) < 4.78 is 5.63. The van der Waals surface area contributed by atoms with Gasteiger partial charge < -0.3 is 10.1 Å². The van der Waals surface area contributed by atoms with Crippen LogP contribution in [-0.4, -0.2) is 28.7 Å². The van der Waals surface area contributed by atoms with Gasteiger partial charge in [-0.05, 0) is 19.8 Å². The molecule has 1 aromatic rings. The van der Waals surface area contributed by atoms with Crippen LogP contribution in [0.5, 0.6) is 0 Å². The summed E-state index contributed by atoms with van der Waals surface area (Å²) >= 11 is 5.95. The van der Waals surface area contributed by atoms with Gasteiger partial charge in [0.1, 0.15) is 16.8 Å². The molecule has 0 bridgehead atoms. The smallest absolute Gasteiger partial charge is 0.134 e. The number of hydrogen-bond acceptors (Lipinski definition) is 4. The zero-order valence-electron chi connectivity index (χ0n) is 10.2. The van der Waals surface area contributed by atoms with Crippen molar-refractivity contribution in [2.45, 2.75) is 45.3 Å². The van der Waals surface area contributed by atoms with E-state index in [0.29, 0.717) is 5.15 Å². The summed E-state index contributed by atoms with van der Waals surface area (Å²) in [6, 6.07) is 2.00. The summed E-state index contributed by atoms with van der Waals surface area (Å²) in [6.45, 7) is 4.98.